The van der Waals surface area contributed by atoms with Crippen molar-refractivity contribution in [2.75, 3.05) is 21.1 Å². The number of nitrogens with one attached hydrogen (secondary N) is 2. The fraction of sp³-hybridized carbons (Fsp3) is 0.500. The van der Waals surface area contributed by atoms with Crippen LogP contribution >= 0.6 is 0 Å². The number of nitrogens with zero attached hydrogens (tertiary/aromatic N) is 1. The highest BCUT2D eigenvalue weighted by Gasteiger charge is 2.08. The van der Waals surface area contributed by atoms with Gasteiger partial charge in [0.15, 0.2) is 0 Å². The lowest BCUT2D eigenvalue weighted by Crippen LogP contribution is -2.15. The largest absolute Gasteiger partial charge is 0.388 e. The van der Waals surface area contributed by atoms with Gasteiger partial charge in [-0.2, -0.15) is 0 Å². The van der Waals surface area contributed by atoms with Gasteiger partial charge in [-0.05, 0) is 37.5 Å². The zero-order valence-electron chi connectivity index (χ0n) is 11.9. The van der Waals surface area contributed by atoms with Gasteiger partial charge in [-0.3, -0.25) is 0 Å². The second-order valence-electron chi connectivity index (χ2n) is 4.30. The van der Waals surface area contributed by atoms with Crippen LogP contribution in [0.25, 0.3) is 0 Å². The van der Waals surface area contributed by atoms with Crippen molar-refractivity contribution in [3.05, 3.63) is 35.2 Å². The standard InChI is InChI=1S/C14H25N3/c1-8-13(12(4)15)14(16-5)10(2)9-11(3)17(6)7/h9,15-16H,3,8H2,1-2,4-7H3/b10-9+,14-13+,15-12?. The van der Waals surface area contributed by atoms with Gasteiger partial charge in [0.2, 0.25) is 0 Å². The van der Waals surface area contributed by atoms with Crippen LogP contribution in [0.4, 0.5) is 0 Å². The van der Waals surface area contributed by atoms with Crippen LogP contribution in [0.15, 0.2) is 35.2 Å². The Kier molecular flexibility index (Phi) is 6.33. The third-order valence-corrected chi connectivity index (χ3v) is 2.71. The van der Waals surface area contributed by atoms with E-state index in [4.69, 9.17) is 5.41 Å². The van der Waals surface area contributed by atoms with E-state index in [2.05, 4.69) is 18.8 Å². The molecule has 0 radical (unpaired) electrons. The van der Waals surface area contributed by atoms with E-state index in [1.807, 2.05) is 46.0 Å². The first kappa shape index (κ1) is 15.5. The smallest absolute Gasteiger partial charge is 0.0418 e. The van der Waals surface area contributed by atoms with Crippen LogP contribution in [0.3, 0.4) is 0 Å². The van der Waals surface area contributed by atoms with Crippen molar-refractivity contribution in [1.29, 1.82) is 5.41 Å². The summed E-state index contributed by atoms with van der Waals surface area (Å²) in [7, 11) is 5.83. The molecular formula is C14H25N3. The summed E-state index contributed by atoms with van der Waals surface area (Å²) in [4.78, 5) is 1.97. The molecule has 0 aromatic heterocycles. The van der Waals surface area contributed by atoms with Gasteiger partial charge in [0, 0.05) is 38.2 Å². The summed E-state index contributed by atoms with van der Waals surface area (Å²) >= 11 is 0. The van der Waals surface area contributed by atoms with Gasteiger partial charge in [0.05, 0.1) is 0 Å². The summed E-state index contributed by atoms with van der Waals surface area (Å²) in [5.41, 5.74) is 4.75. The SMILES string of the molecule is C=C(/C=C(C)/C(NC)=C(/CC)C(C)=N)N(C)C. The Balaban J connectivity index is 5.40. The van der Waals surface area contributed by atoms with Gasteiger partial charge < -0.3 is 15.6 Å². The van der Waals surface area contributed by atoms with Crippen LogP contribution in [0.2, 0.25) is 0 Å². The molecule has 0 aliphatic carbocycles. The summed E-state index contributed by atoms with van der Waals surface area (Å²) in [6.07, 6.45) is 2.88. The molecule has 96 valence electrons. The van der Waals surface area contributed by atoms with Crippen LogP contribution in [0.5, 0.6) is 0 Å². The fourth-order valence-corrected chi connectivity index (χ4v) is 1.67. The zero-order chi connectivity index (χ0) is 13.6. The quantitative estimate of drug-likeness (QED) is 0.549. The molecule has 3 heteroatoms. The molecule has 0 saturated carbocycles. The molecule has 17 heavy (non-hydrogen) atoms. The van der Waals surface area contributed by atoms with Crippen LogP contribution in [0.1, 0.15) is 27.2 Å². The minimum atomic E-state index is 0.611. The molecule has 0 atom stereocenters. The molecule has 0 spiro atoms. The molecule has 0 bridgehead atoms. The van der Waals surface area contributed by atoms with Crippen molar-refractivity contribution in [3.8, 4) is 0 Å². The predicted molar refractivity (Wildman–Crippen MR) is 76.4 cm³/mol. The highest BCUT2D eigenvalue weighted by Crippen LogP contribution is 2.17. The van der Waals surface area contributed by atoms with Gasteiger partial charge in [0.1, 0.15) is 0 Å². The molecule has 0 aliphatic rings. The Morgan fingerprint density at radius 1 is 1.35 bits per heavy atom. The average Bonchev–Trinajstić information content (AvgIpc) is 2.24. The van der Waals surface area contributed by atoms with Gasteiger partial charge in [0.25, 0.3) is 0 Å². The number of hydrogen-bond acceptors (Lipinski definition) is 3. The van der Waals surface area contributed by atoms with E-state index in [1.165, 1.54) is 0 Å². The molecule has 0 aliphatic heterocycles. The Morgan fingerprint density at radius 3 is 2.18 bits per heavy atom. The van der Waals surface area contributed by atoms with Crippen LogP contribution in [0, 0.1) is 5.41 Å². The number of hydrogen-bond donors (Lipinski definition) is 2. The highest BCUT2D eigenvalue weighted by atomic mass is 15.1. The van der Waals surface area contributed by atoms with Crippen LogP contribution in [-0.2, 0) is 0 Å². The Bertz CT molecular complexity index is 360. The van der Waals surface area contributed by atoms with E-state index in [-0.39, 0.29) is 0 Å². The molecule has 0 aromatic carbocycles. The zero-order valence-corrected chi connectivity index (χ0v) is 11.9. The predicted octanol–water partition coefficient (Wildman–Crippen LogP) is 2.93. The Morgan fingerprint density at radius 2 is 1.88 bits per heavy atom. The van der Waals surface area contributed by atoms with Gasteiger partial charge >= 0.3 is 0 Å². The van der Waals surface area contributed by atoms with E-state index in [1.54, 1.807) is 0 Å². The average molecular weight is 235 g/mol. The van der Waals surface area contributed by atoms with Crippen molar-refractivity contribution < 1.29 is 0 Å². The normalized spacial score (nSPS) is 12.9. The highest BCUT2D eigenvalue weighted by molar-refractivity contribution is 5.96. The molecule has 0 rings (SSSR count). The van der Waals surface area contributed by atoms with Crippen molar-refractivity contribution in [1.82, 2.24) is 10.2 Å². The van der Waals surface area contributed by atoms with Crippen molar-refractivity contribution in [2.45, 2.75) is 27.2 Å². The Hall–Kier alpha value is -1.51. The third-order valence-electron chi connectivity index (χ3n) is 2.71. The fourth-order valence-electron chi connectivity index (χ4n) is 1.67. The van der Waals surface area contributed by atoms with Gasteiger partial charge in [-0.1, -0.05) is 13.5 Å². The third kappa shape index (κ3) is 4.47. The van der Waals surface area contributed by atoms with Crippen LogP contribution in [-0.4, -0.2) is 31.8 Å². The number of rotatable bonds is 6. The minimum Gasteiger partial charge on any atom is -0.388 e. The summed E-state index contributed by atoms with van der Waals surface area (Å²) in [6.45, 7) is 9.92. The van der Waals surface area contributed by atoms with Crippen LogP contribution < -0.4 is 5.32 Å². The second-order valence-corrected chi connectivity index (χ2v) is 4.30. The van der Waals surface area contributed by atoms with Crippen molar-refractivity contribution in [2.24, 2.45) is 0 Å². The first-order valence-electron chi connectivity index (χ1n) is 5.86. The van der Waals surface area contributed by atoms with Gasteiger partial charge in [-0.25, -0.2) is 0 Å². The van der Waals surface area contributed by atoms with Crippen molar-refractivity contribution >= 4 is 5.71 Å². The van der Waals surface area contributed by atoms with E-state index >= 15 is 0 Å². The maximum atomic E-state index is 7.79. The maximum Gasteiger partial charge on any atom is 0.0418 e. The molecule has 0 saturated heterocycles. The Labute approximate surface area is 105 Å². The molecule has 0 fully saturated rings. The molecule has 3 nitrogen and oxygen atoms in total. The number of allylic oxidation sites excluding steroid dienone is 3. The molecule has 0 heterocycles. The van der Waals surface area contributed by atoms with Gasteiger partial charge in [-0.15, -0.1) is 0 Å². The topological polar surface area (TPSA) is 39.1 Å². The molecule has 0 unspecified atom stereocenters. The van der Waals surface area contributed by atoms with E-state index < -0.39 is 0 Å². The lowest BCUT2D eigenvalue weighted by atomic mass is 10.0. The molecule has 2 N–H and O–H groups in total. The lowest BCUT2D eigenvalue weighted by Gasteiger charge is -2.17. The molecular weight excluding hydrogens is 210 g/mol. The first-order valence-corrected chi connectivity index (χ1v) is 5.86. The minimum absolute atomic E-state index is 0.611. The first-order chi connectivity index (χ1) is 7.84. The number of likely N-dealkylation sites (N-methyl/N-ethyl adjacent to an activating group) is 2. The van der Waals surface area contributed by atoms with Crippen molar-refractivity contribution in [3.63, 3.8) is 0 Å². The summed E-state index contributed by atoms with van der Waals surface area (Å²) in [6, 6.07) is 0. The van der Waals surface area contributed by atoms with E-state index in [0.717, 1.165) is 29.0 Å². The van der Waals surface area contributed by atoms with E-state index in [9.17, 15) is 0 Å². The monoisotopic (exact) mass is 235 g/mol. The summed E-state index contributed by atoms with van der Waals surface area (Å²) in [5, 5.41) is 11.0. The molecule has 0 aromatic rings. The van der Waals surface area contributed by atoms with E-state index in [0.29, 0.717) is 5.71 Å². The maximum absolute atomic E-state index is 7.79. The summed E-state index contributed by atoms with van der Waals surface area (Å²) in [5.74, 6) is 0. The molecule has 0 amide bonds. The lowest BCUT2D eigenvalue weighted by molar-refractivity contribution is 0.531. The summed E-state index contributed by atoms with van der Waals surface area (Å²) < 4.78 is 0. The second kappa shape index (κ2) is 6.94.